The van der Waals surface area contributed by atoms with Crippen LogP contribution in [-0.2, 0) is 6.42 Å². The Balaban J connectivity index is 2.17. The maximum atomic E-state index is 10.8. The van der Waals surface area contributed by atoms with Gasteiger partial charge in [-0.05, 0) is 51.8 Å². The first-order chi connectivity index (χ1) is 8.80. The van der Waals surface area contributed by atoms with Crippen molar-refractivity contribution in [2.24, 2.45) is 0 Å². The van der Waals surface area contributed by atoms with Gasteiger partial charge in [0.25, 0.3) is 0 Å². The van der Waals surface area contributed by atoms with Crippen molar-refractivity contribution in [3.63, 3.8) is 0 Å². The molecule has 1 heterocycles. The molecule has 3 heteroatoms. The van der Waals surface area contributed by atoms with E-state index in [1.54, 1.807) is 0 Å². The first kappa shape index (κ1) is 14.5. The van der Waals surface area contributed by atoms with Gasteiger partial charge < -0.3 is 15.7 Å². The SMILES string of the molecule is CC(C)(C)NCC(C)(O)C1NCCc2ccccc21. The highest BCUT2D eigenvalue weighted by atomic mass is 16.3. The Hall–Kier alpha value is -0.900. The molecule has 19 heavy (non-hydrogen) atoms. The van der Waals surface area contributed by atoms with E-state index in [2.05, 4.69) is 49.6 Å². The number of hydrogen-bond donors (Lipinski definition) is 3. The van der Waals surface area contributed by atoms with Gasteiger partial charge in [0.15, 0.2) is 0 Å². The zero-order valence-corrected chi connectivity index (χ0v) is 12.5. The van der Waals surface area contributed by atoms with Crippen molar-refractivity contribution in [1.82, 2.24) is 10.6 Å². The summed E-state index contributed by atoms with van der Waals surface area (Å²) < 4.78 is 0. The van der Waals surface area contributed by atoms with Crippen molar-refractivity contribution in [3.05, 3.63) is 35.4 Å². The minimum atomic E-state index is -0.802. The van der Waals surface area contributed by atoms with Crippen molar-refractivity contribution in [1.29, 1.82) is 0 Å². The van der Waals surface area contributed by atoms with E-state index < -0.39 is 5.60 Å². The summed E-state index contributed by atoms with van der Waals surface area (Å²) in [6.45, 7) is 9.75. The van der Waals surface area contributed by atoms with E-state index in [-0.39, 0.29) is 11.6 Å². The third-order valence-corrected chi connectivity index (χ3v) is 3.71. The van der Waals surface area contributed by atoms with Crippen LogP contribution in [0.15, 0.2) is 24.3 Å². The fourth-order valence-electron chi connectivity index (χ4n) is 2.61. The highest BCUT2D eigenvalue weighted by molar-refractivity contribution is 5.34. The van der Waals surface area contributed by atoms with Crippen molar-refractivity contribution < 1.29 is 5.11 Å². The average molecular weight is 262 g/mol. The van der Waals surface area contributed by atoms with Crippen LogP contribution in [0.1, 0.15) is 44.9 Å². The lowest BCUT2D eigenvalue weighted by molar-refractivity contribution is 0.0116. The van der Waals surface area contributed by atoms with E-state index in [1.807, 2.05) is 13.0 Å². The fraction of sp³-hybridized carbons (Fsp3) is 0.625. The average Bonchev–Trinajstić information content (AvgIpc) is 2.35. The van der Waals surface area contributed by atoms with Crippen LogP contribution < -0.4 is 10.6 Å². The van der Waals surface area contributed by atoms with Gasteiger partial charge in [-0.1, -0.05) is 24.3 Å². The number of fused-ring (bicyclic) bond motifs is 1. The number of nitrogens with one attached hydrogen (secondary N) is 2. The molecule has 3 N–H and O–H groups in total. The van der Waals surface area contributed by atoms with Crippen LogP contribution in [0.5, 0.6) is 0 Å². The van der Waals surface area contributed by atoms with Crippen LogP contribution in [0.3, 0.4) is 0 Å². The maximum Gasteiger partial charge on any atom is 0.0937 e. The summed E-state index contributed by atoms with van der Waals surface area (Å²) in [5.41, 5.74) is 1.79. The minimum Gasteiger partial charge on any atom is -0.387 e. The molecule has 2 atom stereocenters. The van der Waals surface area contributed by atoms with Gasteiger partial charge >= 0.3 is 0 Å². The lowest BCUT2D eigenvalue weighted by atomic mass is 9.83. The molecule has 1 aromatic carbocycles. The molecule has 0 radical (unpaired) electrons. The molecule has 0 fully saturated rings. The molecule has 0 aromatic heterocycles. The molecule has 0 spiro atoms. The van der Waals surface area contributed by atoms with Gasteiger partial charge in [-0.15, -0.1) is 0 Å². The van der Waals surface area contributed by atoms with Crippen molar-refractivity contribution in [2.45, 2.75) is 51.3 Å². The molecule has 3 nitrogen and oxygen atoms in total. The normalized spacial score (nSPS) is 22.7. The molecule has 0 bridgehead atoms. The number of benzene rings is 1. The molecule has 2 unspecified atom stereocenters. The molecule has 1 aliphatic rings. The standard InChI is InChI=1S/C16H26N2O/c1-15(2,3)18-11-16(4,19)14-13-8-6-5-7-12(13)9-10-17-14/h5-8,14,17-19H,9-11H2,1-4H3. The van der Waals surface area contributed by atoms with Gasteiger partial charge in [0.1, 0.15) is 0 Å². The van der Waals surface area contributed by atoms with E-state index in [9.17, 15) is 5.11 Å². The van der Waals surface area contributed by atoms with Crippen LogP contribution in [0.4, 0.5) is 0 Å². The highest BCUT2D eigenvalue weighted by Gasteiger charge is 2.36. The Kier molecular flexibility index (Phi) is 4.00. The molecule has 106 valence electrons. The topological polar surface area (TPSA) is 44.3 Å². The summed E-state index contributed by atoms with van der Waals surface area (Å²) in [5, 5.41) is 17.7. The van der Waals surface area contributed by atoms with Gasteiger partial charge in [0.05, 0.1) is 11.6 Å². The third kappa shape index (κ3) is 3.56. The van der Waals surface area contributed by atoms with Gasteiger partial charge in [-0.3, -0.25) is 0 Å². The van der Waals surface area contributed by atoms with E-state index in [4.69, 9.17) is 0 Å². The van der Waals surface area contributed by atoms with Gasteiger partial charge in [0.2, 0.25) is 0 Å². The molecule has 1 aliphatic heterocycles. The summed E-state index contributed by atoms with van der Waals surface area (Å²) in [4.78, 5) is 0. The number of hydrogen-bond acceptors (Lipinski definition) is 3. The second-order valence-corrected chi connectivity index (χ2v) is 6.80. The van der Waals surface area contributed by atoms with Gasteiger partial charge in [0, 0.05) is 12.1 Å². The smallest absolute Gasteiger partial charge is 0.0937 e. The zero-order chi connectivity index (χ0) is 14.1. The summed E-state index contributed by atoms with van der Waals surface area (Å²) in [6.07, 6.45) is 1.04. The van der Waals surface area contributed by atoms with Gasteiger partial charge in [-0.2, -0.15) is 0 Å². The Morgan fingerprint density at radius 1 is 1.26 bits per heavy atom. The molecule has 0 saturated carbocycles. The van der Waals surface area contributed by atoms with Crippen LogP contribution in [0.25, 0.3) is 0 Å². The number of β-amino-alcohol motifs (C(OH)–C–C–N with tert-alkyl or cyclic N) is 1. The number of rotatable bonds is 3. The molecule has 0 saturated heterocycles. The fourth-order valence-corrected chi connectivity index (χ4v) is 2.61. The third-order valence-electron chi connectivity index (χ3n) is 3.71. The zero-order valence-electron chi connectivity index (χ0n) is 12.5. The molecule has 0 amide bonds. The summed E-state index contributed by atoms with van der Waals surface area (Å²) in [6, 6.07) is 8.40. The predicted molar refractivity (Wildman–Crippen MR) is 79.3 cm³/mol. The summed E-state index contributed by atoms with van der Waals surface area (Å²) in [5.74, 6) is 0. The Morgan fingerprint density at radius 2 is 1.95 bits per heavy atom. The van der Waals surface area contributed by atoms with Crippen LogP contribution in [0, 0.1) is 0 Å². The predicted octanol–water partition coefficient (Wildman–Crippen LogP) is 2.01. The van der Waals surface area contributed by atoms with Crippen molar-refractivity contribution in [2.75, 3.05) is 13.1 Å². The van der Waals surface area contributed by atoms with E-state index >= 15 is 0 Å². The second kappa shape index (κ2) is 5.23. The molecular formula is C16H26N2O. The molecular weight excluding hydrogens is 236 g/mol. The Morgan fingerprint density at radius 3 is 2.63 bits per heavy atom. The summed E-state index contributed by atoms with van der Waals surface area (Å²) in [7, 11) is 0. The van der Waals surface area contributed by atoms with E-state index in [1.165, 1.54) is 11.1 Å². The van der Waals surface area contributed by atoms with Crippen LogP contribution >= 0.6 is 0 Å². The second-order valence-electron chi connectivity index (χ2n) is 6.80. The molecule has 0 aliphatic carbocycles. The number of aliphatic hydroxyl groups is 1. The minimum absolute atomic E-state index is 0.00713. The monoisotopic (exact) mass is 262 g/mol. The van der Waals surface area contributed by atoms with Crippen LogP contribution in [0.2, 0.25) is 0 Å². The first-order valence-corrected chi connectivity index (χ1v) is 7.08. The van der Waals surface area contributed by atoms with Crippen LogP contribution in [-0.4, -0.2) is 29.3 Å². The molecule has 2 rings (SSSR count). The van der Waals surface area contributed by atoms with E-state index in [0.29, 0.717) is 6.54 Å². The molecule has 1 aromatic rings. The van der Waals surface area contributed by atoms with E-state index in [0.717, 1.165) is 13.0 Å². The summed E-state index contributed by atoms with van der Waals surface area (Å²) >= 11 is 0. The lowest BCUT2D eigenvalue weighted by Gasteiger charge is -2.39. The van der Waals surface area contributed by atoms with Crippen molar-refractivity contribution >= 4 is 0 Å². The quantitative estimate of drug-likeness (QED) is 0.781. The maximum absolute atomic E-state index is 10.8. The lowest BCUT2D eigenvalue weighted by Crippen LogP contribution is -2.53. The Bertz CT molecular complexity index is 435. The first-order valence-electron chi connectivity index (χ1n) is 7.08. The highest BCUT2D eigenvalue weighted by Crippen LogP contribution is 2.31. The van der Waals surface area contributed by atoms with Crippen molar-refractivity contribution in [3.8, 4) is 0 Å². The largest absolute Gasteiger partial charge is 0.387 e. The van der Waals surface area contributed by atoms with Gasteiger partial charge in [-0.25, -0.2) is 0 Å². The Labute approximate surface area is 116 Å².